The highest BCUT2D eigenvalue weighted by Crippen LogP contribution is 2.11. The minimum atomic E-state index is 0. The Morgan fingerprint density at radius 2 is 1.97 bits per heavy atom. The number of nitrogens with zero attached hydrogens (tertiary/aromatic N) is 4. The van der Waals surface area contributed by atoms with E-state index in [0.29, 0.717) is 19.7 Å². The predicted octanol–water partition coefficient (Wildman–Crippen LogP) is 3.33. The average molecular weight is 506 g/mol. The first kappa shape index (κ1) is 22.7. The fraction of sp³-hybridized carbons (Fsp3) is 0.286. The van der Waals surface area contributed by atoms with Gasteiger partial charge >= 0.3 is 0 Å². The number of hydrogen-bond donors (Lipinski definition) is 2. The third-order valence-corrected chi connectivity index (χ3v) is 4.03. The second kappa shape index (κ2) is 12.1. The van der Waals surface area contributed by atoms with E-state index in [-0.39, 0.29) is 24.0 Å². The van der Waals surface area contributed by atoms with Crippen LogP contribution in [0.3, 0.4) is 0 Å². The van der Waals surface area contributed by atoms with Crippen LogP contribution in [-0.4, -0.2) is 40.2 Å². The number of aliphatic imine (C=N–C) groups is 1. The first-order valence-electron chi connectivity index (χ1n) is 9.39. The molecule has 154 valence electrons. The van der Waals surface area contributed by atoms with Gasteiger partial charge in [0.1, 0.15) is 24.5 Å². The number of imidazole rings is 1. The minimum absolute atomic E-state index is 0. The van der Waals surface area contributed by atoms with Crippen molar-refractivity contribution in [3.63, 3.8) is 0 Å². The lowest BCUT2D eigenvalue weighted by Gasteiger charge is -2.12. The van der Waals surface area contributed by atoms with Gasteiger partial charge in [-0.3, -0.25) is 4.57 Å². The molecule has 0 aliphatic carbocycles. The third kappa shape index (κ3) is 7.37. The second-order valence-corrected chi connectivity index (χ2v) is 6.28. The Labute approximate surface area is 188 Å². The van der Waals surface area contributed by atoms with Crippen LogP contribution in [0.4, 0.5) is 0 Å². The van der Waals surface area contributed by atoms with Crippen LogP contribution >= 0.6 is 24.0 Å². The second-order valence-electron chi connectivity index (χ2n) is 6.28. The Morgan fingerprint density at radius 1 is 1.14 bits per heavy atom. The van der Waals surface area contributed by atoms with Crippen molar-refractivity contribution in [2.24, 2.45) is 4.99 Å². The molecule has 2 aromatic heterocycles. The zero-order valence-corrected chi connectivity index (χ0v) is 19.0. The third-order valence-electron chi connectivity index (χ3n) is 4.03. The van der Waals surface area contributed by atoms with Gasteiger partial charge in [-0.25, -0.2) is 15.0 Å². The van der Waals surface area contributed by atoms with Crippen LogP contribution < -0.4 is 15.4 Å². The molecule has 29 heavy (non-hydrogen) atoms. The van der Waals surface area contributed by atoms with E-state index in [9.17, 15) is 0 Å². The van der Waals surface area contributed by atoms with Crippen molar-refractivity contribution in [2.75, 3.05) is 19.7 Å². The minimum Gasteiger partial charge on any atom is -0.492 e. The maximum atomic E-state index is 5.75. The lowest BCUT2D eigenvalue weighted by Crippen LogP contribution is -2.39. The molecule has 0 saturated carbocycles. The molecule has 0 amide bonds. The molecule has 0 atom stereocenters. The van der Waals surface area contributed by atoms with E-state index >= 15 is 0 Å². The summed E-state index contributed by atoms with van der Waals surface area (Å²) in [5, 5.41) is 6.55. The molecule has 0 saturated heterocycles. The number of hydrogen-bond acceptors (Lipinski definition) is 4. The standard InChI is InChI=1S/C21H26N6O.HI/c1-3-23-21(25-11-13-28-19-6-4-17(2)5-7-19)26-15-18-8-9-24-20(14-18)27-12-10-22-16-27;/h4-10,12,14,16H,3,11,13,15H2,1-2H3,(H2,23,25,26);1H. The predicted molar refractivity (Wildman–Crippen MR) is 126 cm³/mol. The van der Waals surface area contributed by atoms with E-state index in [0.717, 1.165) is 29.6 Å². The zero-order chi connectivity index (χ0) is 19.6. The molecule has 8 heteroatoms. The summed E-state index contributed by atoms with van der Waals surface area (Å²) >= 11 is 0. The van der Waals surface area contributed by atoms with Gasteiger partial charge in [0.05, 0.1) is 13.1 Å². The molecule has 0 aliphatic heterocycles. The SMILES string of the molecule is CCNC(=NCc1ccnc(-n2ccnc2)c1)NCCOc1ccc(C)cc1.I. The molecule has 3 aromatic rings. The van der Waals surface area contributed by atoms with Gasteiger partial charge in [0.2, 0.25) is 0 Å². The highest BCUT2D eigenvalue weighted by Gasteiger charge is 2.01. The molecule has 2 N–H and O–H groups in total. The molecule has 0 unspecified atom stereocenters. The first-order chi connectivity index (χ1) is 13.7. The van der Waals surface area contributed by atoms with Crippen LogP contribution in [0.5, 0.6) is 5.75 Å². The number of benzene rings is 1. The van der Waals surface area contributed by atoms with E-state index in [1.54, 1.807) is 18.7 Å². The lowest BCUT2D eigenvalue weighted by atomic mass is 10.2. The van der Waals surface area contributed by atoms with Crippen molar-refractivity contribution in [2.45, 2.75) is 20.4 Å². The summed E-state index contributed by atoms with van der Waals surface area (Å²) in [5.74, 6) is 2.46. The van der Waals surface area contributed by atoms with Crippen LogP contribution in [0.1, 0.15) is 18.1 Å². The van der Waals surface area contributed by atoms with Gasteiger partial charge in [-0.1, -0.05) is 17.7 Å². The van der Waals surface area contributed by atoms with Crippen molar-refractivity contribution in [1.82, 2.24) is 25.2 Å². The quantitative estimate of drug-likeness (QED) is 0.212. The number of rotatable bonds is 8. The maximum Gasteiger partial charge on any atom is 0.191 e. The molecule has 0 aliphatic rings. The molecular weight excluding hydrogens is 479 g/mol. The lowest BCUT2D eigenvalue weighted by molar-refractivity contribution is 0.322. The van der Waals surface area contributed by atoms with Crippen molar-refractivity contribution < 1.29 is 4.74 Å². The number of guanidine groups is 1. The number of nitrogens with one attached hydrogen (secondary N) is 2. The van der Waals surface area contributed by atoms with E-state index < -0.39 is 0 Å². The zero-order valence-electron chi connectivity index (χ0n) is 16.7. The highest BCUT2D eigenvalue weighted by atomic mass is 127. The van der Waals surface area contributed by atoms with Crippen molar-refractivity contribution in [1.29, 1.82) is 0 Å². The molecule has 7 nitrogen and oxygen atoms in total. The maximum absolute atomic E-state index is 5.75. The largest absolute Gasteiger partial charge is 0.492 e. The topological polar surface area (TPSA) is 76.4 Å². The number of aryl methyl sites for hydroxylation is 1. The summed E-state index contributed by atoms with van der Waals surface area (Å²) < 4.78 is 7.62. The van der Waals surface area contributed by atoms with Crippen LogP contribution in [0.2, 0.25) is 0 Å². The van der Waals surface area contributed by atoms with Gasteiger partial charge < -0.3 is 15.4 Å². The molecular formula is C21H27IN6O. The molecule has 0 fully saturated rings. The van der Waals surface area contributed by atoms with Gasteiger partial charge in [0.15, 0.2) is 5.96 Å². The van der Waals surface area contributed by atoms with Crippen LogP contribution in [0.15, 0.2) is 66.3 Å². The summed E-state index contributed by atoms with van der Waals surface area (Å²) in [6, 6.07) is 12.0. The number of pyridine rings is 1. The molecule has 1 aromatic carbocycles. The fourth-order valence-corrected chi connectivity index (χ4v) is 2.58. The van der Waals surface area contributed by atoms with E-state index in [4.69, 9.17) is 4.74 Å². The average Bonchev–Trinajstić information content (AvgIpc) is 3.26. The Hall–Kier alpha value is -2.62. The van der Waals surface area contributed by atoms with Crippen LogP contribution in [0, 0.1) is 6.92 Å². The molecule has 0 spiro atoms. The number of halogens is 1. The summed E-state index contributed by atoms with van der Waals surface area (Å²) in [6.07, 6.45) is 7.12. The molecule has 0 radical (unpaired) electrons. The molecule has 2 heterocycles. The summed E-state index contributed by atoms with van der Waals surface area (Å²) in [5.41, 5.74) is 2.30. The smallest absolute Gasteiger partial charge is 0.191 e. The first-order valence-corrected chi connectivity index (χ1v) is 9.39. The highest BCUT2D eigenvalue weighted by molar-refractivity contribution is 14.0. The van der Waals surface area contributed by atoms with Crippen molar-refractivity contribution in [3.8, 4) is 11.6 Å². The summed E-state index contributed by atoms with van der Waals surface area (Å²) in [7, 11) is 0. The Bertz CT molecular complexity index is 880. The summed E-state index contributed by atoms with van der Waals surface area (Å²) in [6.45, 7) is 6.68. The Morgan fingerprint density at radius 3 is 2.69 bits per heavy atom. The van der Waals surface area contributed by atoms with Crippen molar-refractivity contribution in [3.05, 3.63) is 72.4 Å². The van der Waals surface area contributed by atoms with E-state index in [2.05, 4.69) is 32.5 Å². The van der Waals surface area contributed by atoms with Gasteiger partial charge in [0.25, 0.3) is 0 Å². The summed E-state index contributed by atoms with van der Waals surface area (Å²) in [4.78, 5) is 13.1. The van der Waals surface area contributed by atoms with E-state index in [1.165, 1.54) is 5.56 Å². The van der Waals surface area contributed by atoms with Gasteiger partial charge in [-0.05, 0) is 43.7 Å². The fourth-order valence-electron chi connectivity index (χ4n) is 2.58. The monoisotopic (exact) mass is 506 g/mol. The van der Waals surface area contributed by atoms with Gasteiger partial charge in [-0.2, -0.15) is 0 Å². The number of aromatic nitrogens is 3. The van der Waals surface area contributed by atoms with Crippen molar-refractivity contribution >= 4 is 29.9 Å². The number of ether oxygens (including phenoxy) is 1. The normalized spacial score (nSPS) is 10.9. The van der Waals surface area contributed by atoms with Crippen LogP contribution in [0.25, 0.3) is 5.82 Å². The van der Waals surface area contributed by atoms with Crippen LogP contribution in [-0.2, 0) is 6.54 Å². The Kier molecular flexibility index (Phi) is 9.42. The molecule has 3 rings (SSSR count). The molecule has 0 bridgehead atoms. The van der Waals surface area contributed by atoms with Gasteiger partial charge in [-0.15, -0.1) is 24.0 Å². The van der Waals surface area contributed by atoms with Gasteiger partial charge in [0, 0.05) is 25.1 Å². The van der Waals surface area contributed by atoms with E-state index in [1.807, 2.05) is 54.1 Å². The Balaban J connectivity index is 0.00000300.